The Bertz CT molecular complexity index is 983. The highest BCUT2D eigenvalue weighted by molar-refractivity contribution is 5.94. The predicted octanol–water partition coefficient (Wildman–Crippen LogP) is 2.74. The molecule has 0 saturated carbocycles. The molecule has 1 atom stereocenters. The minimum Gasteiger partial charge on any atom is -0.336 e. The maximum atomic E-state index is 13.3. The molecule has 29 heavy (non-hydrogen) atoms. The van der Waals surface area contributed by atoms with E-state index in [0.717, 1.165) is 43.1 Å². The summed E-state index contributed by atoms with van der Waals surface area (Å²) >= 11 is 0. The van der Waals surface area contributed by atoms with Crippen molar-refractivity contribution < 1.29 is 4.79 Å². The van der Waals surface area contributed by atoms with Crippen LogP contribution in [0.1, 0.15) is 28.7 Å². The number of fused-ring (bicyclic) bond motifs is 1. The molecule has 1 amide bonds. The van der Waals surface area contributed by atoms with E-state index < -0.39 is 0 Å². The average molecular weight is 392 g/mol. The van der Waals surface area contributed by atoms with Crippen LogP contribution in [0.3, 0.4) is 0 Å². The van der Waals surface area contributed by atoms with Gasteiger partial charge in [0, 0.05) is 52.0 Å². The van der Waals surface area contributed by atoms with Crippen LogP contribution in [0.5, 0.6) is 0 Å². The van der Waals surface area contributed by atoms with Gasteiger partial charge in [0.1, 0.15) is 5.65 Å². The summed E-state index contributed by atoms with van der Waals surface area (Å²) < 4.78 is 2.06. The van der Waals surface area contributed by atoms with Crippen molar-refractivity contribution in [2.75, 3.05) is 33.7 Å². The molecule has 0 aliphatic carbocycles. The maximum Gasteiger partial charge on any atom is 0.274 e. The van der Waals surface area contributed by atoms with E-state index in [0.29, 0.717) is 18.3 Å². The van der Waals surface area contributed by atoms with Crippen molar-refractivity contribution in [3.8, 4) is 0 Å². The van der Waals surface area contributed by atoms with Crippen molar-refractivity contribution >= 4 is 11.6 Å². The van der Waals surface area contributed by atoms with E-state index in [1.807, 2.05) is 61.8 Å². The second-order valence-corrected chi connectivity index (χ2v) is 8.05. The highest BCUT2D eigenvalue weighted by atomic mass is 16.2. The fourth-order valence-electron chi connectivity index (χ4n) is 3.96. The van der Waals surface area contributed by atoms with Gasteiger partial charge in [0.05, 0.1) is 5.69 Å². The Labute approximate surface area is 172 Å². The highest BCUT2D eigenvalue weighted by Crippen LogP contribution is 2.19. The number of hydrogen-bond acceptors (Lipinski definition) is 4. The van der Waals surface area contributed by atoms with Crippen molar-refractivity contribution in [2.45, 2.75) is 26.1 Å². The smallest absolute Gasteiger partial charge is 0.274 e. The van der Waals surface area contributed by atoms with Crippen LogP contribution in [0.2, 0.25) is 0 Å². The molecule has 0 spiro atoms. The lowest BCUT2D eigenvalue weighted by molar-refractivity contribution is 0.0771. The van der Waals surface area contributed by atoms with E-state index in [1.54, 1.807) is 4.90 Å². The van der Waals surface area contributed by atoms with E-state index >= 15 is 0 Å². The number of piperazine rings is 1. The van der Waals surface area contributed by atoms with Gasteiger partial charge in [0.25, 0.3) is 5.91 Å². The van der Waals surface area contributed by atoms with Gasteiger partial charge in [-0.05, 0) is 31.7 Å². The summed E-state index contributed by atoms with van der Waals surface area (Å²) in [5.74, 6) is -0.0327. The van der Waals surface area contributed by atoms with Crippen molar-refractivity contribution in [2.24, 2.45) is 0 Å². The molecule has 1 fully saturated rings. The zero-order valence-corrected chi connectivity index (χ0v) is 17.5. The Balaban J connectivity index is 1.61. The standard InChI is InChI=1S/C23H29N5O/c1-18-15-27(14-13-25(18)2)17-20-22(24-21-11-7-8-12-28(20)21)23(29)26(3)16-19-9-5-4-6-10-19/h4-12,18H,13-17H2,1-3H3/t18-/m1/s1. The van der Waals surface area contributed by atoms with Crippen LogP contribution in [0.15, 0.2) is 54.7 Å². The minimum absolute atomic E-state index is 0.0327. The van der Waals surface area contributed by atoms with Crippen molar-refractivity contribution in [1.29, 1.82) is 0 Å². The fourth-order valence-corrected chi connectivity index (χ4v) is 3.96. The van der Waals surface area contributed by atoms with Crippen LogP contribution in [0.25, 0.3) is 5.65 Å². The Kier molecular flexibility index (Phi) is 5.65. The molecule has 0 unspecified atom stereocenters. The van der Waals surface area contributed by atoms with E-state index in [1.165, 1.54) is 0 Å². The summed E-state index contributed by atoms with van der Waals surface area (Å²) in [5.41, 5.74) is 3.46. The number of carbonyl (C=O) groups is 1. The van der Waals surface area contributed by atoms with Gasteiger partial charge in [-0.1, -0.05) is 36.4 Å². The summed E-state index contributed by atoms with van der Waals surface area (Å²) in [5, 5.41) is 0. The lowest BCUT2D eigenvalue weighted by Gasteiger charge is -2.37. The first-order valence-electron chi connectivity index (χ1n) is 10.2. The molecule has 3 aromatic rings. The minimum atomic E-state index is -0.0327. The van der Waals surface area contributed by atoms with Crippen molar-refractivity contribution in [1.82, 2.24) is 24.1 Å². The number of amides is 1. The molecule has 0 bridgehead atoms. The Hall–Kier alpha value is -2.70. The van der Waals surface area contributed by atoms with Crippen LogP contribution >= 0.6 is 0 Å². The number of pyridine rings is 1. The summed E-state index contributed by atoms with van der Waals surface area (Å²) in [6.07, 6.45) is 2.01. The summed E-state index contributed by atoms with van der Waals surface area (Å²) in [6, 6.07) is 16.5. The van der Waals surface area contributed by atoms with E-state index in [-0.39, 0.29) is 5.91 Å². The molecular weight excluding hydrogens is 362 g/mol. The van der Waals surface area contributed by atoms with Crippen molar-refractivity contribution in [3.63, 3.8) is 0 Å². The summed E-state index contributed by atoms with van der Waals surface area (Å²) in [7, 11) is 4.02. The van der Waals surface area contributed by atoms with Crippen LogP contribution < -0.4 is 0 Å². The lowest BCUT2D eigenvalue weighted by atomic mass is 10.1. The van der Waals surface area contributed by atoms with Crippen molar-refractivity contribution in [3.05, 3.63) is 71.7 Å². The molecule has 0 radical (unpaired) electrons. The molecule has 6 heteroatoms. The number of benzene rings is 1. The largest absolute Gasteiger partial charge is 0.336 e. The zero-order chi connectivity index (χ0) is 20.4. The molecule has 152 valence electrons. The number of hydrogen-bond donors (Lipinski definition) is 0. The second-order valence-electron chi connectivity index (χ2n) is 8.05. The molecule has 6 nitrogen and oxygen atoms in total. The molecule has 2 aromatic heterocycles. The third kappa shape index (κ3) is 4.18. The second kappa shape index (κ2) is 8.35. The Morgan fingerprint density at radius 1 is 1.14 bits per heavy atom. The first-order valence-corrected chi connectivity index (χ1v) is 10.2. The molecule has 0 N–H and O–H groups in total. The predicted molar refractivity (Wildman–Crippen MR) is 115 cm³/mol. The average Bonchev–Trinajstić information content (AvgIpc) is 3.09. The molecule has 3 heterocycles. The number of likely N-dealkylation sites (N-methyl/N-ethyl adjacent to an activating group) is 1. The van der Waals surface area contributed by atoms with Gasteiger partial charge in [0.15, 0.2) is 5.69 Å². The SMILES string of the molecule is C[C@@H]1CN(Cc2c(C(=O)N(C)Cc3ccccc3)nc3ccccn23)CCN1C. The van der Waals surface area contributed by atoms with Gasteiger partial charge < -0.3 is 14.2 Å². The van der Waals surface area contributed by atoms with Gasteiger partial charge in [-0.15, -0.1) is 0 Å². The van der Waals surface area contributed by atoms with Gasteiger partial charge in [-0.25, -0.2) is 4.98 Å². The molecule has 4 rings (SSSR count). The highest BCUT2D eigenvalue weighted by Gasteiger charge is 2.26. The molecule has 1 saturated heterocycles. The van der Waals surface area contributed by atoms with Crippen LogP contribution in [-0.2, 0) is 13.1 Å². The quantitative estimate of drug-likeness (QED) is 0.671. The summed E-state index contributed by atoms with van der Waals surface area (Å²) in [4.78, 5) is 24.6. The van der Waals surface area contributed by atoms with E-state index in [9.17, 15) is 4.79 Å². The van der Waals surface area contributed by atoms with Gasteiger partial charge in [-0.3, -0.25) is 9.69 Å². The Morgan fingerprint density at radius 2 is 1.90 bits per heavy atom. The van der Waals surface area contributed by atoms with Gasteiger partial charge in [0.2, 0.25) is 0 Å². The topological polar surface area (TPSA) is 44.1 Å². The number of aromatic nitrogens is 2. The summed E-state index contributed by atoms with van der Waals surface area (Å²) in [6.45, 7) is 6.57. The fraction of sp³-hybridized carbons (Fsp3) is 0.391. The third-order valence-corrected chi connectivity index (χ3v) is 5.86. The normalized spacial score (nSPS) is 18.2. The van der Waals surface area contributed by atoms with Gasteiger partial charge >= 0.3 is 0 Å². The van der Waals surface area contributed by atoms with E-state index in [2.05, 4.69) is 28.2 Å². The number of imidazole rings is 1. The monoisotopic (exact) mass is 391 g/mol. The number of rotatable bonds is 5. The van der Waals surface area contributed by atoms with Crippen LogP contribution in [0, 0.1) is 0 Å². The maximum absolute atomic E-state index is 13.3. The van der Waals surface area contributed by atoms with Gasteiger partial charge in [-0.2, -0.15) is 0 Å². The van der Waals surface area contributed by atoms with Crippen LogP contribution in [-0.4, -0.2) is 69.8 Å². The Morgan fingerprint density at radius 3 is 2.66 bits per heavy atom. The molecule has 1 aromatic carbocycles. The number of carbonyl (C=O) groups excluding carboxylic acids is 1. The first kappa shape index (κ1) is 19.6. The molecule has 1 aliphatic heterocycles. The number of nitrogens with zero attached hydrogens (tertiary/aromatic N) is 5. The van der Waals surface area contributed by atoms with E-state index in [4.69, 9.17) is 4.98 Å². The first-order chi connectivity index (χ1) is 14.0. The zero-order valence-electron chi connectivity index (χ0n) is 17.5. The molecular formula is C23H29N5O. The molecule has 1 aliphatic rings. The third-order valence-electron chi connectivity index (χ3n) is 5.86. The lowest BCUT2D eigenvalue weighted by Crippen LogP contribution is -2.49. The van der Waals surface area contributed by atoms with Crippen LogP contribution in [0.4, 0.5) is 0 Å².